The van der Waals surface area contributed by atoms with Crippen LogP contribution in [0.1, 0.15) is 40.8 Å². The van der Waals surface area contributed by atoms with Crippen LogP contribution in [0.25, 0.3) is 0 Å². The third kappa shape index (κ3) is 3.18. The standard InChI is InChI=1S/C15H20N2S/c1-4-14-5-6-15(18-14)12(3)17-10-13-9-16-8-7-11(13)2/h5-9,12,17H,4,10H2,1-3H3. The fourth-order valence-electron chi connectivity index (χ4n) is 1.86. The molecule has 1 atom stereocenters. The highest BCUT2D eigenvalue weighted by Gasteiger charge is 2.08. The van der Waals surface area contributed by atoms with Crippen molar-refractivity contribution >= 4 is 11.3 Å². The molecule has 0 amide bonds. The van der Waals surface area contributed by atoms with Crippen LogP contribution in [0.2, 0.25) is 0 Å². The Morgan fingerprint density at radius 3 is 2.83 bits per heavy atom. The minimum absolute atomic E-state index is 0.398. The van der Waals surface area contributed by atoms with Crippen molar-refractivity contribution in [1.82, 2.24) is 10.3 Å². The fourth-order valence-corrected chi connectivity index (χ4v) is 2.84. The maximum atomic E-state index is 4.18. The van der Waals surface area contributed by atoms with E-state index in [9.17, 15) is 0 Å². The highest BCUT2D eigenvalue weighted by molar-refractivity contribution is 7.12. The van der Waals surface area contributed by atoms with Gasteiger partial charge in [0.1, 0.15) is 0 Å². The zero-order valence-corrected chi connectivity index (χ0v) is 12.1. The molecule has 0 saturated heterocycles. The van der Waals surface area contributed by atoms with Crippen LogP contribution in [0.4, 0.5) is 0 Å². The molecule has 0 aromatic carbocycles. The van der Waals surface area contributed by atoms with Gasteiger partial charge in [-0.1, -0.05) is 6.92 Å². The van der Waals surface area contributed by atoms with Crippen LogP contribution in [-0.2, 0) is 13.0 Å². The van der Waals surface area contributed by atoms with Crippen molar-refractivity contribution in [2.45, 2.75) is 39.8 Å². The van der Waals surface area contributed by atoms with Crippen molar-refractivity contribution in [3.8, 4) is 0 Å². The lowest BCUT2D eigenvalue weighted by Gasteiger charge is -2.13. The highest BCUT2D eigenvalue weighted by Crippen LogP contribution is 2.23. The second kappa shape index (κ2) is 6.12. The molecule has 2 aromatic rings. The normalized spacial score (nSPS) is 12.6. The number of aryl methyl sites for hydroxylation is 2. The van der Waals surface area contributed by atoms with Gasteiger partial charge < -0.3 is 5.32 Å². The van der Waals surface area contributed by atoms with Crippen molar-refractivity contribution in [1.29, 1.82) is 0 Å². The molecule has 0 aliphatic rings. The van der Waals surface area contributed by atoms with Gasteiger partial charge in [-0.15, -0.1) is 11.3 Å². The van der Waals surface area contributed by atoms with E-state index in [0.717, 1.165) is 13.0 Å². The molecule has 0 fully saturated rings. The molecular formula is C15H20N2S. The zero-order chi connectivity index (χ0) is 13.0. The van der Waals surface area contributed by atoms with E-state index in [2.05, 4.69) is 49.3 Å². The molecule has 3 heteroatoms. The summed E-state index contributed by atoms with van der Waals surface area (Å²) in [7, 11) is 0. The van der Waals surface area contributed by atoms with Crippen LogP contribution in [0, 0.1) is 6.92 Å². The highest BCUT2D eigenvalue weighted by atomic mass is 32.1. The minimum Gasteiger partial charge on any atom is -0.305 e. The van der Waals surface area contributed by atoms with Crippen molar-refractivity contribution in [3.63, 3.8) is 0 Å². The van der Waals surface area contributed by atoms with E-state index in [-0.39, 0.29) is 0 Å². The third-order valence-corrected chi connectivity index (χ3v) is 4.62. The van der Waals surface area contributed by atoms with Crippen LogP contribution in [0.15, 0.2) is 30.6 Å². The van der Waals surface area contributed by atoms with Crippen LogP contribution in [0.5, 0.6) is 0 Å². The molecule has 2 aromatic heterocycles. The summed E-state index contributed by atoms with van der Waals surface area (Å²) in [6.07, 6.45) is 4.91. The van der Waals surface area contributed by atoms with Crippen molar-refractivity contribution in [2.75, 3.05) is 0 Å². The Labute approximate surface area is 113 Å². The Hall–Kier alpha value is -1.19. The number of hydrogen-bond donors (Lipinski definition) is 1. The Bertz CT molecular complexity index is 505. The maximum absolute atomic E-state index is 4.18. The van der Waals surface area contributed by atoms with Gasteiger partial charge in [-0.25, -0.2) is 0 Å². The number of hydrogen-bond acceptors (Lipinski definition) is 3. The quantitative estimate of drug-likeness (QED) is 0.883. The fraction of sp³-hybridized carbons (Fsp3) is 0.400. The lowest BCUT2D eigenvalue weighted by Crippen LogP contribution is -2.17. The lowest BCUT2D eigenvalue weighted by molar-refractivity contribution is 0.580. The molecule has 0 bridgehead atoms. The van der Waals surface area contributed by atoms with Gasteiger partial charge in [-0.3, -0.25) is 4.98 Å². The van der Waals surface area contributed by atoms with E-state index < -0.39 is 0 Å². The molecular weight excluding hydrogens is 240 g/mol. The van der Waals surface area contributed by atoms with E-state index in [1.807, 2.05) is 23.7 Å². The van der Waals surface area contributed by atoms with Gasteiger partial charge in [0, 0.05) is 34.7 Å². The van der Waals surface area contributed by atoms with Crippen LogP contribution in [-0.4, -0.2) is 4.98 Å². The van der Waals surface area contributed by atoms with Gasteiger partial charge in [-0.05, 0) is 49.6 Å². The number of rotatable bonds is 5. The Morgan fingerprint density at radius 2 is 2.17 bits per heavy atom. The molecule has 2 heterocycles. The van der Waals surface area contributed by atoms with Crippen LogP contribution in [0.3, 0.4) is 0 Å². The van der Waals surface area contributed by atoms with Gasteiger partial charge in [0.15, 0.2) is 0 Å². The van der Waals surface area contributed by atoms with Crippen LogP contribution >= 0.6 is 11.3 Å². The first-order valence-electron chi connectivity index (χ1n) is 6.42. The van der Waals surface area contributed by atoms with Gasteiger partial charge in [0.2, 0.25) is 0 Å². The number of nitrogens with one attached hydrogen (secondary N) is 1. The summed E-state index contributed by atoms with van der Waals surface area (Å²) < 4.78 is 0. The monoisotopic (exact) mass is 260 g/mol. The number of nitrogens with zero attached hydrogens (tertiary/aromatic N) is 1. The van der Waals surface area contributed by atoms with E-state index in [0.29, 0.717) is 6.04 Å². The number of thiophene rings is 1. The molecule has 0 spiro atoms. The first-order valence-corrected chi connectivity index (χ1v) is 7.23. The molecule has 96 valence electrons. The molecule has 0 aliphatic carbocycles. The molecule has 1 N–H and O–H groups in total. The molecule has 2 rings (SSSR count). The molecule has 2 nitrogen and oxygen atoms in total. The molecule has 0 saturated carbocycles. The predicted molar refractivity (Wildman–Crippen MR) is 77.9 cm³/mol. The van der Waals surface area contributed by atoms with Crippen molar-refractivity contribution in [2.24, 2.45) is 0 Å². The Morgan fingerprint density at radius 1 is 1.33 bits per heavy atom. The maximum Gasteiger partial charge on any atom is 0.0388 e. The summed E-state index contributed by atoms with van der Waals surface area (Å²) in [4.78, 5) is 7.04. The average Bonchev–Trinajstić information content (AvgIpc) is 2.86. The molecule has 0 aliphatic heterocycles. The first-order chi connectivity index (χ1) is 8.70. The van der Waals surface area contributed by atoms with Crippen LogP contribution < -0.4 is 5.32 Å². The first kappa shape index (κ1) is 13.2. The van der Waals surface area contributed by atoms with Crippen molar-refractivity contribution in [3.05, 3.63) is 51.5 Å². The second-order valence-electron chi connectivity index (χ2n) is 4.56. The summed E-state index contributed by atoms with van der Waals surface area (Å²) in [6, 6.07) is 6.92. The van der Waals surface area contributed by atoms with Gasteiger partial charge in [0.05, 0.1) is 0 Å². The summed E-state index contributed by atoms with van der Waals surface area (Å²) in [6.45, 7) is 7.42. The topological polar surface area (TPSA) is 24.9 Å². The van der Waals surface area contributed by atoms with Gasteiger partial charge in [-0.2, -0.15) is 0 Å². The Kier molecular flexibility index (Phi) is 4.50. The van der Waals surface area contributed by atoms with Crippen molar-refractivity contribution < 1.29 is 0 Å². The molecule has 18 heavy (non-hydrogen) atoms. The summed E-state index contributed by atoms with van der Waals surface area (Å²) in [5.74, 6) is 0. The molecule has 0 radical (unpaired) electrons. The minimum atomic E-state index is 0.398. The third-order valence-electron chi connectivity index (χ3n) is 3.20. The largest absolute Gasteiger partial charge is 0.305 e. The summed E-state index contributed by atoms with van der Waals surface area (Å²) in [5.41, 5.74) is 2.57. The average molecular weight is 260 g/mol. The van der Waals surface area contributed by atoms with E-state index in [1.54, 1.807) is 0 Å². The number of pyridine rings is 1. The summed E-state index contributed by atoms with van der Waals surface area (Å²) in [5, 5.41) is 3.56. The van der Waals surface area contributed by atoms with Gasteiger partial charge in [0.25, 0.3) is 0 Å². The molecule has 1 unspecified atom stereocenters. The van der Waals surface area contributed by atoms with E-state index in [4.69, 9.17) is 0 Å². The predicted octanol–water partition coefficient (Wildman–Crippen LogP) is 3.86. The smallest absolute Gasteiger partial charge is 0.0388 e. The number of aromatic nitrogens is 1. The van der Waals surface area contributed by atoms with E-state index in [1.165, 1.54) is 20.9 Å². The Balaban J connectivity index is 1.96. The lowest BCUT2D eigenvalue weighted by atomic mass is 10.1. The zero-order valence-electron chi connectivity index (χ0n) is 11.2. The summed E-state index contributed by atoms with van der Waals surface area (Å²) >= 11 is 1.90. The van der Waals surface area contributed by atoms with Gasteiger partial charge >= 0.3 is 0 Å². The SMILES string of the molecule is CCc1ccc(C(C)NCc2cnccc2C)s1. The van der Waals surface area contributed by atoms with E-state index >= 15 is 0 Å². The second-order valence-corrected chi connectivity index (χ2v) is 5.76.